The molecule has 0 aromatic heterocycles. The molecule has 0 aliphatic carbocycles. The van der Waals surface area contributed by atoms with Crippen molar-refractivity contribution in [2.45, 2.75) is 194 Å². The molecule has 306 valence electrons. The molecular formula is C54H80N2. The summed E-state index contributed by atoms with van der Waals surface area (Å²) in [5.41, 5.74) is 26.1. The summed E-state index contributed by atoms with van der Waals surface area (Å²) in [4.78, 5) is 0. The predicted molar refractivity (Wildman–Crippen MR) is 248 cm³/mol. The van der Waals surface area contributed by atoms with Gasteiger partial charge in [0.05, 0.1) is 0 Å². The Morgan fingerprint density at radius 2 is 0.607 bits per heavy atom. The maximum absolute atomic E-state index is 6.36. The van der Waals surface area contributed by atoms with E-state index in [1.54, 1.807) is 0 Å². The number of benzene rings is 4. The van der Waals surface area contributed by atoms with Gasteiger partial charge in [-0.05, 0) is 102 Å². The van der Waals surface area contributed by atoms with E-state index in [1.165, 1.54) is 186 Å². The van der Waals surface area contributed by atoms with Crippen LogP contribution in [0.15, 0.2) is 84.9 Å². The molecule has 0 radical (unpaired) electrons. The van der Waals surface area contributed by atoms with Gasteiger partial charge in [0.15, 0.2) is 0 Å². The van der Waals surface area contributed by atoms with E-state index in [2.05, 4.69) is 120 Å². The van der Waals surface area contributed by atoms with Crippen molar-refractivity contribution in [3.05, 3.63) is 129 Å². The molecule has 0 aliphatic rings. The number of unbranched alkanes of at least 4 members (excludes halogenated alkanes) is 16. The first-order valence-electron chi connectivity index (χ1n) is 23.3. The first kappa shape index (κ1) is 45.2. The highest BCUT2D eigenvalue weighted by Crippen LogP contribution is 2.44. The Labute approximate surface area is 344 Å². The molecule has 0 saturated heterocycles. The van der Waals surface area contributed by atoms with Crippen LogP contribution in [0.5, 0.6) is 0 Å². The SMILES string of the molecule is CCCCCCCCCC(c1ccccc1C(CCCCCCCC)c1ccc(N)cc1C)c1ccccc1C(CCCCCCCC)c1ccc(N)cc1C. The van der Waals surface area contributed by atoms with Crippen LogP contribution in [0.1, 0.15) is 224 Å². The summed E-state index contributed by atoms with van der Waals surface area (Å²) in [6.07, 6.45) is 28.6. The molecule has 4 rings (SSSR count). The fraction of sp³-hybridized carbons (Fsp3) is 0.556. The minimum atomic E-state index is 0.334. The number of aryl methyl sites for hydroxylation is 2. The van der Waals surface area contributed by atoms with Crippen LogP contribution in [-0.2, 0) is 0 Å². The molecule has 56 heavy (non-hydrogen) atoms. The molecule has 2 unspecified atom stereocenters. The van der Waals surface area contributed by atoms with Gasteiger partial charge in [0.1, 0.15) is 0 Å². The summed E-state index contributed by atoms with van der Waals surface area (Å²) in [5, 5.41) is 0. The van der Waals surface area contributed by atoms with Crippen LogP contribution in [0.3, 0.4) is 0 Å². The molecule has 0 bridgehead atoms. The minimum absolute atomic E-state index is 0.334. The van der Waals surface area contributed by atoms with Gasteiger partial charge in [-0.25, -0.2) is 0 Å². The van der Waals surface area contributed by atoms with E-state index >= 15 is 0 Å². The number of rotatable bonds is 28. The maximum atomic E-state index is 6.36. The smallest absolute Gasteiger partial charge is 0.0316 e. The van der Waals surface area contributed by atoms with Gasteiger partial charge < -0.3 is 11.5 Å². The third kappa shape index (κ3) is 14.1. The van der Waals surface area contributed by atoms with Crippen LogP contribution in [0.4, 0.5) is 11.4 Å². The van der Waals surface area contributed by atoms with Crippen molar-refractivity contribution >= 4 is 11.4 Å². The van der Waals surface area contributed by atoms with E-state index in [-0.39, 0.29) is 0 Å². The molecule has 0 amide bonds. The zero-order valence-electron chi connectivity index (χ0n) is 36.5. The third-order valence-electron chi connectivity index (χ3n) is 12.6. The molecule has 4 N–H and O–H groups in total. The van der Waals surface area contributed by atoms with Crippen molar-refractivity contribution in [2.24, 2.45) is 0 Å². The van der Waals surface area contributed by atoms with Gasteiger partial charge in [0.2, 0.25) is 0 Å². The Morgan fingerprint density at radius 1 is 0.339 bits per heavy atom. The van der Waals surface area contributed by atoms with Crippen molar-refractivity contribution in [1.29, 1.82) is 0 Å². The number of hydrogen-bond acceptors (Lipinski definition) is 2. The summed E-state index contributed by atoms with van der Waals surface area (Å²) >= 11 is 0. The first-order chi connectivity index (χ1) is 27.4. The predicted octanol–water partition coefficient (Wildman–Crippen LogP) is 16.5. The highest BCUT2D eigenvalue weighted by molar-refractivity contribution is 5.53. The molecule has 2 atom stereocenters. The van der Waals surface area contributed by atoms with Crippen LogP contribution < -0.4 is 11.5 Å². The summed E-state index contributed by atoms with van der Waals surface area (Å²) in [7, 11) is 0. The number of nitrogens with two attached hydrogens (primary N) is 2. The lowest BCUT2D eigenvalue weighted by molar-refractivity contribution is 0.543. The van der Waals surface area contributed by atoms with Gasteiger partial charge >= 0.3 is 0 Å². The van der Waals surface area contributed by atoms with Crippen LogP contribution in [-0.4, -0.2) is 0 Å². The lowest BCUT2D eigenvalue weighted by atomic mass is 9.73. The quantitative estimate of drug-likeness (QED) is 0.0448. The molecule has 2 heteroatoms. The minimum Gasteiger partial charge on any atom is -0.399 e. The van der Waals surface area contributed by atoms with E-state index < -0.39 is 0 Å². The van der Waals surface area contributed by atoms with Crippen LogP contribution in [0, 0.1) is 13.8 Å². The fourth-order valence-corrected chi connectivity index (χ4v) is 9.47. The second-order valence-electron chi connectivity index (χ2n) is 17.2. The zero-order valence-corrected chi connectivity index (χ0v) is 36.5. The topological polar surface area (TPSA) is 52.0 Å². The summed E-state index contributed by atoms with van der Waals surface area (Å²) in [6, 6.07) is 32.5. The number of nitrogen functional groups attached to an aromatic ring is 2. The van der Waals surface area contributed by atoms with Crippen molar-refractivity contribution < 1.29 is 0 Å². The lowest BCUT2D eigenvalue weighted by Gasteiger charge is -2.31. The van der Waals surface area contributed by atoms with Crippen molar-refractivity contribution in [3.8, 4) is 0 Å². The Hall–Kier alpha value is -3.52. The van der Waals surface area contributed by atoms with Gasteiger partial charge in [-0.2, -0.15) is 0 Å². The molecule has 0 saturated carbocycles. The number of hydrogen-bond donors (Lipinski definition) is 2. The molecule has 4 aromatic rings. The third-order valence-corrected chi connectivity index (χ3v) is 12.6. The van der Waals surface area contributed by atoms with Crippen LogP contribution in [0.2, 0.25) is 0 Å². The zero-order chi connectivity index (χ0) is 40.0. The van der Waals surface area contributed by atoms with Gasteiger partial charge in [0.25, 0.3) is 0 Å². The highest BCUT2D eigenvalue weighted by atomic mass is 14.5. The second-order valence-corrected chi connectivity index (χ2v) is 17.2. The van der Waals surface area contributed by atoms with Gasteiger partial charge in [-0.1, -0.05) is 203 Å². The molecule has 2 nitrogen and oxygen atoms in total. The Bertz CT molecular complexity index is 1550. The summed E-state index contributed by atoms with van der Waals surface area (Å²) in [6.45, 7) is 11.5. The number of anilines is 2. The van der Waals surface area contributed by atoms with E-state index in [1.807, 2.05) is 0 Å². The van der Waals surface area contributed by atoms with E-state index in [4.69, 9.17) is 11.5 Å². The molecule has 0 spiro atoms. The maximum Gasteiger partial charge on any atom is 0.0316 e. The van der Waals surface area contributed by atoms with E-state index in [9.17, 15) is 0 Å². The van der Waals surface area contributed by atoms with Crippen LogP contribution >= 0.6 is 0 Å². The van der Waals surface area contributed by atoms with Gasteiger partial charge in [-0.3, -0.25) is 0 Å². The average Bonchev–Trinajstić information content (AvgIpc) is 3.19. The van der Waals surface area contributed by atoms with Gasteiger partial charge in [-0.15, -0.1) is 0 Å². The molecule has 0 aliphatic heterocycles. The average molecular weight is 757 g/mol. The van der Waals surface area contributed by atoms with Crippen molar-refractivity contribution in [3.63, 3.8) is 0 Å². The highest BCUT2D eigenvalue weighted by Gasteiger charge is 2.28. The first-order valence-corrected chi connectivity index (χ1v) is 23.3. The lowest BCUT2D eigenvalue weighted by Crippen LogP contribution is -2.14. The van der Waals surface area contributed by atoms with Crippen molar-refractivity contribution in [1.82, 2.24) is 0 Å². The standard InChI is InChI=1S/C54H80N2/c1-6-9-12-15-18-21-24-31-52(53-34-27-25-32-50(53)48(29-22-19-16-13-10-7-2)46-38-36-44(55)40-42(46)4)54-35-28-26-33-51(54)49(30-23-20-17-14-11-8-3)47-39-37-45(56)41-43(47)5/h25-28,32-41,48-49,52H,6-24,29-31,55-56H2,1-5H3. The summed E-state index contributed by atoms with van der Waals surface area (Å²) < 4.78 is 0. The fourth-order valence-electron chi connectivity index (χ4n) is 9.47. The molecule has 0 fully saturated rings. The molecule has 4 aromatic carbocycles. The molecule has 0 heterocycles. The van der Waals surface area contributed by atoms with E-state index in [0.29, 0.717) is 17.8 Å². The monoisotopic (exact) mass is 757 g/mol. The Morgan fingerprint density at radius 3 is 0.893 bits per heavy atom. The van der Waals surface area contributed by atoms with Crippen LogP contribution in [0.25, 0.3) is 0 Å². The van der Waals surface area contributed by atoms with Crippen molar-refractivity contribution in [2.75, 3.05) is 11.5 Å². The largest absolute Gasteiger partial charge is 0.399 e. The Balaban J connectivity index is 1.80. The normalized spacial score (nSPS) is 13.2. The Kier molecular flexibility index (Phi) is 20.7. The van der Waals surface area contributed by atoms with E-state index in [0.717, 1.165) is 11.4 Å². The molecular weight excluding hydrogens is 677 g/mol. The second kappa shape index (κ2) is 25.7. The van der Waals surface area contributed by atoms with Gasteiger partial charge in [0, 0.05) is 29.1 Å². The summed E-state index contributed by atoms with van der Waals surface area (Å²) in [5.74, 6) is 1.03.